The molecule has 4 rings (SSSR count). The minimum Gasteiger partial charge on any atom is -0.347 e. The Labute approximate surface area is 181 Å². The Bertz CT molecular complexity index is 943. The number of hydrogen-bond donors (Lipinski definition) is 2. The number of nitrogens with zero attached hydrogens (tertiary/aromatic N) is 2. The van der Waals surface area contributed by atoms with Crippen LogP contribution >= 0.6 is 24.8 Å². The largest absolute Gasteiger partial charge is 0.347 e. The number of benzene rings is 2. The van der Waals surface area contributed by atoms with Gasteiger partial charge in [0.15, 0.2) is 0 Å². The van der Waals surface area contributed by atoms with Crippen LogP contribution in [0.3, 0.4) is 0 Å². The summed E-state index contributed by atoms with van der Waals surface area (Å²) in [6, 6.07) is 14.0. The number of amides is 1. The van der Waals surface area contributed by atoms with Gasteiger partial charge in [0.05, 0.1) is 23.4 Å². The normalized spacial score (nSPS) is 15.5. The van der Waals surface area contributed by atoms with Crippen LogP contribution < -0.4 is 10.6 Å². The third kappa shape index (κ3) is 5.07. The van der Waals surface area contributed by atoms with Crippen LogP contribution in [-0.2, 0) is 11.3 Å². The lowest BCUT2D eigenvalue weighted by molar-refractivity contribution is -0.127. The molecule has 3 aromatic rings. The Morgan fingerprint density at radius 2 is 1.90 bits per heavy atom. The number of nitrogens with one attached hydrogen (secondary N) is 2. The third-order valence-electron chi connectivity index (χ3n) is 5.43. The highest BCUT2D eigenvalue weighted by Gasteiger charge is 2.30. The average molecular weight is 439 g/mol. The van der Waals surface area contributed by atoms with Gasteiger partial charge in [-0.05, 0) is 48.8 Å². The van der Waals surface area contributed by atoms with E-state index in [-0.39, 0.29) is 48.5 Å². The van der Waals surface area contributed by atoms with Crippen LogP contribution in [0.1, 0.15) is 18.5 Å². The fourth-order valence-electron chi connectivity index (χ4n) is 3.46. The predicted octanol–water partition coefficient (Wildman–Crippen LogP) is 3.73. The summed E-state index contributed by atoms with van der Waals surface area (Å²) in [5.74, 6) is 0.0488. The first-order valence-corrected chi connectivity index (χ1v) is 9.28. The van der Waals surface area contributed by atoms with E-state index in [4.69, 9.17) is 0 Å². The minimum absolute atomic E-state index is 0. The van der Waals surface area contributed by atoms with Gasteiger partial charge in [0, 0.05) is 12.5 Å². The van der Waals surface area contributed by atoms with E-state index in [0.717, 1.165) is 29.7 Å². The van der Waals surface area contributed by atoms with Crippen LogP contribution in [0.4, 0.5) is 4.39 Å². The molecule has 0 aliphatic carbocycles. The van der Waals surface area contributed by atoms with Crippen molar-refractivity contribution < 1.29 is 9.18 Å². The van der Waals surface area contributed by atoms with E-state index >= 15 is 0 Å². The molecule has 2 heterocycles. The summed E-state index contributed by atoms with van der Waals surface area (Å²) in [7, 11) is 0. The Morgan fingerprint density at radius 1 is 1.21 bits per heavy atom. The fraction of sp³-hybridized carbons (Fsp3) is 0.333. The monoisotopic (exact) mass is 438 g/mol. The molecular weight excluding hydrogens is 414 g/mol. The molecule has 1 fully saturated rings. The molecule has 1 aromatic heterocycles. The van der Waals surface area contributed by atoms with Gasteiger partial charge in [0.25, 0.3) is 0 Å². The van der Waals surface area contributed by atoms with Crippen LogP contribution in [0.2, 0.25) is 0 Å². The van der Waals surface area contributed by atoms with Gasteiger partial charge in [0.2, 0.25) is 5.91 Å². The van der Waals surface area contributed by atoms with E-state index in [9.17, 15) is 9.18 Å². The first-order valence-electron chi connectivity index (χ1n) is 9.28. The lowest BCUT2D eigenvalue weighted by Gasteiger charge is -2.33. The number of rotatable bonds is 6. The van der Waals surface area contributed by atoms with Crippen LogP contribution in [-0.4, -0.2) is 28.5 Å². The molecule has 1 amide bonds. The van der Waals surface area contributed by atoms with Gasteiger partial charge >= 0.3 is 0 Å². The van der Waals surface area contributed by atoms with Gasteiger partial charge in [0.1, 0.15) is 5.82 Å². The number of carbonyl (C=O) groups is 1. The molecule has 2 N–H and O–H groups in total. The van der Waals surface area contributed by atoms with Gasteiger partial charge in [-0.1, -0.05) is 31.2 Å². The first-order chi connectivity index (χ1) is 13.1. The predicted molar refractivity (Wildman–Crippen MR) is 117 cm³/mol. The summed E-state index contributed by atoms with van der Waals surface area (Å²) in [6.45, 7) is 4.26. The Morgan fingerprint density at radius 3 is 2.55 bits per heavy atom. The number of halogens is 3. The SMILES string of the molecule is CC(C(=O)NC(Cn1cnc2ccccc21)c1ccc(F)cc1)C1CNC1.Cl.Cl. The summed E-state index contributed by atoms with van der Waals surface area (Å²) in [5.41, 5.74) is 2.80. The standard InChI is InChI=1S/C21H23FN4O.2ClH/c1-14(16-10-23-11-16)21(27)25-19(15-6-8-17(22)9-7-15)12-26-13-24-18-4-2-3-5-20(18)26;;/h2-9,13-14,16,19,23H,10-12H2,1H3,(H,25,27);2*1H. The highest BCUT2D eigenvalue weighted by atomic mass is 35.5. The molecule has 29 heavy (non-hydrogen) atoms. The molecule has 1 aliphatic rings. The van der Waals surface area contributed by atoms with Crippen molar-refractivity contribution in [3.63, 3.8) is 0 Å². The summed E-state index contributed by atoms with van der Waals surface area (Å²) in [6.07, 6.45) is 1.78. The zero-order chi connectivity index (χ0) is 18.8. The van der Waals surface area contributed by atoms with Crippen molar-refractivity contribution in [2.24, 2.45) is 11.8 Å². The maximum Gasteiger partial charge on any atom is 0.223 e. The molecule has 156 valence electrons. The second-order valence-corrected chi connectivity index (χ2v) is 7.21. The molecule has 0 spiro atoms. The summed E-state index contributed by atoms with van der Waals surface area (Å²) < 4.78 is 15.4. The van der Waals surface area contributed by atoms with Crippen molar-refractivity contribution in [1.82, 2.24) is 20.2 Å². The quantitative estimate of drug-likeness (QED) is 0.616. The molecule has 1 aliphatic heterocycles. The van der Waals surface area contributed by atoms with Crippen molar-refractivity contribution in [3.05, 3.63) is 66.2 Å². The molecule has 0 saturated carbocycles. The van der Waals surface area contributed by atoms with E-state index in [2.05, 4.69) is 15.6 Å². The Balaban J connectivity index is 0.00000150. The molecule has 2 aromatic carbocycles. The highest BCUT2D eigenvalue weighted by molar-refractivity contribution is 5.85. The fourth-order valence-corrected chi connectivity index (χ4v) is 3.46. The number of fused-ring (bicyclic) bond motifs is 1. The summed E-state index contributed by atoms with van der Waals surface area (Å²) in [5, 5.41) is 6.38. The van der Waals surface area contributed by atoms with Crippen LogP contribution in [0, 0.1) is 17.7 Å². The molecule has 5 nitrogen and oxygen atoms in total. The van der Waals surface area contributed by atoms with Crippen LogP contribution in [0.5, 0.6) is 0 Å². The number of hydrogen-bond acceptors (Lipinski definition) is 3. The molecule has 0 radical (unpaired) electrons. The van der Waals surface area contributed by atoms with Crippen molar-refractivity contribution in [1.29, 1.82) is 0 Å². The topological polar surface area (TPSA) is 59.0 Å². The van der Waals surface area contributed by atoms with Gasteiger partial charge in [-0.2, -0.15) is 0 Å². The number of aromatic nitrogens is 2. The van der Waals surface area contributed by atoms with Crippen LogP contribution in [0.25, 0.3) is 11.0 Å². The molecule has 0 bridgehead atoms. The number of carbonyl (C=O) groups excluding carboxylic acids is 1. The van der Waals surface area contributed by atoms with Gasteiger partial charge in [-0.25, -0.2) is 9.37 Å². The Hall–Kier alpha value is -2.15. The zero-order valence-electron chi connectivity index (χ0n) is 16.0. The van der Waals surface area contributed by atoms with Crippen molar-refractivity contribution >= 4 is 41.8 Å². The highest BCUT2D eigenvalue weighted by Crippen LogP contribution is 2.22. The maximum atomic E-state index is 13.4. The second-order valence-electron chi connectivity index (χ2n) is 7.21. The van der Waals surface area contributed by atoms with Gasteiger partial charge < -0.3 is 15.2 Å². The van der Waals surface area contributed by atoms with Gasteiger partial charge in [-0.15, -0.1) is 24.8 Å². The Kier molecular flexibility index (Phi) is 8.02. The molecule has 1 saturated heterocycles. The van der Waals surface area contributed by atoms with Crippen molar-refractivity contribution in [3.8, 4) is 0 Å². The molecule has 8 heteroatoms. The minimum atomic E-state index is -0.286. The van der Waals surface area contributed by atoms with E-state index in [1.165, 1.54) is 12.1 Å². The van der Waals surface area contributed by atoms with E-state index in [0.29, 0.717) is 12.5 Å². The average Bonchev–Trinajstić information content (AvgIpc) is 3.03. The molecule has 2 atom stereocenters. The maximum absolute atomic E-state index is 13.4. The lowest BCUT2D eigenvalue weighted by atomic mass is 9.88. The van der Waals surface area contributed by atoms with Crippen molar-refractivity contribution in [2.75, 3.05) is 13.1 Å². The van der Waals surface area contributed by atoms with E-state index in [1.807, 2.05) is 35.8 Å². The molecular formula is C21H25Cl2FN4O. The zero-order valence-corrected chi connectivity index (χ0v) is 17.7. The van der Waals surface area contributed by atoms with Crippen molar-refractivity contribution in [2.45, 2.75) is 19.5 Å². The molecule has 2 unspecified atom stereocenters. The summed E-state index contributed by atoms with van der Waals surface area (Å²) >= 11 is 0. The van der Waals surface area contributed by atoms with Crippen LogP contribution in [0.15, 0.2) is 54.9 Å². The van der Waals surface area contributed by atoms with Gasteiger partial charge in [-0.3, -0.25) is 4.79 Å². The lowest BCUT2D eigenvalue weighted by Crippen LogP contribution is -2.50. The van der Waals surface area contributed by atoms with E-state index < -0.39 is 0 Å². The first kappa shape index (κ1) is 23.1. The number of imidazole rings is 1. The number of para-hydroxylation sites is 2. The smallest absolute Gasteiger partial charge is 0.223 e. The second kappa shape index (κ2) is 10.1. The third-order valence-corrected chi connectivity index (χ3v) is 5.43. The summed E-state index contributed by atoms with van der Waals surface area (Å²) in [4.78, 5) is 17.2. The van der Waals surface area contributed by atoms with E-state index in [1.54, 1.807) is 18.5 Å².